The molecule has 0 saturated carbocycles. The summed E-state index contributed by atoms with van der Waals surface area (Å²) in [5.41, 5.74) is 0. The molecular formula is C32H66O. The lowest BCUT2D eigenvalue weighted by atomic mass is 9.90. The zero-order valence-electron chi connectivity index (χ0n) is 23.5. The maximum absolute atomic E-state index is 9.26. The Bertz CT molecular complexity index is 298. The fraction of sp³-hybridized carbons (Fsp3) is 1.00. The third-order valence-electron chi connectivity index (χ3n) is 7.70. The van der Waals surface area contributed by atoms with E-state index in [2.05, 4.69) is 13.8 Å². The van der Waals surface area contributed by atoms with Crippen LogP contribution in [-0.4, -0.2) is 11.7 Å². The van der Waals surface area contributed by atoms with Gasteiger partial charge in [0, 0.05) is 6.61 Å². The maximum atomic E-state index is 9.26. The largest absolute Gasteiger partial charge is 0.396 e. The van der Waals surface area contributed by atoms with E-state index in [-0.39, 0.29) is 0 Å². The summed E-state index contributed by atoms with van der Waals surface area (Å²) >= 11 is 0. The van der Waals surface area contributed by atoms with E-state index in [1.807, 2.05) is 0 Å². The zero-order chi connectivity index (χ0) is 24.1. The molecule has 0 spiro atoms. The van der Waals surface area contributed by atoms with Gasteiger partial charge in [0.2, 0.25) is 0 Å². The van der Waals surface area contributed by atoms with Crippen LogP contribution in [0.15, 0.2) is 0 Å². The van der Waals surface area contributed by atoms with E-state index < -0.39 is 0 Å². The second kappa shape index (κ2) is 30.0. The average molecular weight is 467 g/mol. The van der Waals surface area contributed by atoms with Crippen molar-refractivity contribution in [3.63, 3.8) is 0 Å². The van der Waals surface area contributed by atoms with Gasteiger partial charge in [0.25, 0.3) is 0 Å². The minimum atomic E-state index is 0.382. The molecule has 0 rings (SSSR count). The van der Waals surface area contributed by atoms with Crippen molar-refractivity contribution in [3.05, 3.63) is 0 Å². The van der Waals surface area contributed by atoms with E-state index in [0.717, 1.165) is 12.3 Å². The van der Waals surface area contributed by atoms with Gasteiger partial charge in [0.1, 0.15) is 0 Å². The van der Waals surface area contributed by atoms with Crippen LogP contribution in [0.2, 0.25) is 0 Å². The molecule has 0 aliphatic rings. The average Bonchev–Trinajstić information content (AvgIpc) is 2.83. The minimum absolute atomic E-state index is 0.382. The summed E-state index contributed by atoms with van der Waals surface area (Å²) in [6, 6.07) is 0. The first-order valence-electron chi connectivity index (χ1n) is 16.0. The number of hydrogen-bond donors (Lipinski definition) is 1. The molecule has 0 fully saturated rings. The second-order valence-corrected chi connectivity index (χ2v) is 11.1. The van der Waals surface area contributed by atoms with E-state index in [9.17, 15) is 5.11 Å². The van der Waals surface area contributed by atoms with Crippen LogP contribution in [-0.2, 0) is 0 Å². The molecule has 0 heterocycles. The number of unbranched alkanes of at least 4 members (excludes halogenated alkanes) is 22. The molecule has 0 atom stereocenters. The molecule has 1 N–H and O–H groups in total. The summed E-state index contributed by atoms with van der Waals surface area (Å²) in [4.78, 5) is 0. The fourth-order valence-electron chi connectivity index (χ4n) is 5.36. The highest BCUT2D eigenvalue weighted by molar-refractivity contribution is 4.62. The molecule has 0 saturated heterocycles. The lowest BCUT2D eigenvalue weighted by molar-refractivity contribution is 0.261. The number of rotatable bonds is 29. The molecule has 1 heteroatoms. The van der Waals surface area contributed by atoms with E-state index in [0.29, 0.717) is 6.61 Å². The molecule has 0 aliphatic heterocycles. The summed E-state index contributed by atoms with van der Waals surface area (Å²) < 4.78 is 0. The van der Waals surface area contributed by atoms with Crippen LogP contribution in [0.3, 0.4) is 0 Å². The Morgan fingerprint density at radius 2 is 0.576 bits per heavy atom. The summed E-state index contributed by atoms with van der Waals surface area (Å²) in [6.45, 7) is 4.98. The first-order chi connectivity index (χ1) is 16.3. The highest BCUT2D eigenvalue weighted by Gasteiger charge is 2.08. The minimum Gasteiger partial charge on any atom is -0.396 e. The molecule has 0 aromatic heterocycles. The molecule has 0 aliphatic carbocycles. The first-order valence-corrected chi connectivity index (χ1v) is 16.0. The number of aliphatic hydroxyl groups is 1. The smallest absolute Gasteiger partial charge is 0.0431 e. The summed E-state index contributed by atoms with van der Waals surface area (Å²) in [5.74, 6) is 0.878. The molecule has 0 aromatic rings. The van der Waals surface area contributed by atoms with Crippen LogP contribution >= 0.6 is 0 Å². The van der Waals surface area contributed by atoms with Gasteiger partial charge in [-0.15, -0.1) is 0 Å². The zero-order valence-corrected chi connectivity index (χ0v) is 23.5. The van der Waals surface area contributed by atoms with Crippen molar-refractivity contribution < 1.29 is 5.11 Å². The Kier molecular flexibility index (Phi) is 30.0. The van der Waals surface area contributed by atoms with Crippen LogP contribution in [0, 0.1) is 5.92 Å². The van der Waals surface area contributed by atoms with Crippen LogP contribution in [0.1, 0.15) is 194 Å². The van der Waals surface area contributed by atoms with Gasteiger partial charge < -0.3 is 5.11 Å². The molecular weight excluding hydrogens is 400 g/mol. The van der Waals surface area contributed by atoms with Gasteiger partial charge in [-0.2, -0.15) is 0 Å². The Morgan fingerprint density at radius 1 is 0.333 bits per heavy atom. The summed E-state index contributed by atoms with van der Waals surface area (Å²) in [6.07, 6.45) is 39.7. The SMILES string of the molecule is CCCCCCCCCCCCCCC(CCCO)CCCCCCCCCCCCCC. The van der Waals surface area contributed by atoms with Crippen molar-refractivity contribution in [2.75, 3.05) is 6.61 Å². The Balaban J connectivity index is 3.49. The molecule has 0 bridgehead atoms. The van der Waals surface area contributed by atoms with Crippen molar-refractivity contribution in [2.45, 2.75) is 194 Å². The molecule has 200 valence electrons. The van der Waals surface area contributed by atoms with Crippen molar-refractivity contribution in [1.82, 2.24) is 0 Å². The van der Waals surface area contributed by atoms with Crippen molar-refractivity contribution in [2.24, 2.45) is 5.92 Å². The maximum Gasteiger partial charge on any atom is 0.0431 e. The van der Waals surface area contributed by atoms with Gasteiger partial charge in [0.05, 0.1) is 0 Å². The van der Waals surface area contributed by atoms with Crippen molar-refractivity contribution >= 4 is 0 Å². The van der Waals surface area contributed by atoms with E-state index in [1.54, 1.807) is 0 Å². The third-order valence-corrected chi connectivity index (χ3v) is 7.70. The van der Waals surface area contributed by atoms with Crippen LogP contribution in [0.4, 0.5) is 0 Å². The quantitative estimate of drug-likeness (QED) is 0.109. The molecule has 0 unspecified atom stereocenters. The topological polar surface area (TPSA) is 20.2 Å². The molecule has 0 radical (unpaired) electrons. The predicted octanol–water partition coefficient (Wildman–Crippen LogP) is 11.6. The third kappa shape index (κ3) is 28.1. The lowest BCUT2D eigenvalue weighted by Crippen LogP contribution is -2.02. The van der Waals surface area contributed by atoms with Crippen molar-refractivity contribution in [3.8, 4) is 0 Å². The Morgan fingerprint density at radius 3 is 0.848 bits per heavy atom. The predicted molar refractivity (Wildman–Crippen MR) is 151 cm³/mol. The van der Waals surface area contributed by atoms with E-state index >= 15 is 0 Å². The highest BCUT2D eigenvalue weighted by atomic mass is 16.2. The highest BCUT2D eigenvalue weighted by Crippen LogP contribution is 2.23. The number of hydrogen-bond acceptors (Lipinski definition) is 1. The number of aliphatic hydroxyl groups excluding tert-OH is 1. The molecule has 33 heavy (non-hydrogen) atoms. The normalized spacial score (nSPS) is 11.6. The Hall–Kier alpha value is -0.0400. The first kappa shape index (κ1) is 33.0. The van der Waals surface area contributed by atoms with Crippen LogP contribution in [0.25, 0.3) is 0 Å². The fourth-order valence-corrected chi connectivity index (χ4v) is 5.36. The lowest BCUT2D eigenvalue weighted by Gasteiger charge is -2.16. The molecule has 0 amide bonds. The summed E-state index contributed by atoms with van der Waals surface area (Å²) in [7, 11) is 0. The van der Waals surface area contributed by atoms with E-state index in [4.69, 9.17) is 0 Å². The van der Waals surface area contributed by atoms with Gasteiger partial charge in [-0.25, -0.2) is 0 Å². The second-order valence-electron chi connectivity index (χ2n) is 11.1. The van der Waals surface area contributed by atoms with Crippen LogP contribution in [0.5, 0.6) is 0 Å². The van der Waals surface area contributed by atoms with Gasteiger partial charge in [-0.3, -0.25) is 0 Å². The van der Waals surface area contributed by atoms with Gasteiger partial charge in [-0.05, 0) is 18.8 Å². The standard InChI is InChI=1S/C32H66O/c1-3-5-7-9-11-13-15-17-19-21-23-25-28-32(30-27-31-33)29-26-24-22-20-18-16-14-12-10-8-6-4-2/h32-33H,3-31H2,1-2H3. The molecule has 0 aromatic carbocycles. The monoisotopic (exact) mass is 467 g/mol. The van der Waals surface area contributed by atoms with Crippen LogP contribution < -0.4 is 0 Å². The summed E-state index contributed by atoms with van der Waals surface area (Å²) in [5, 5.41) is 9.26. The van der Waals surface area contributed by atoms with Gasteiger partial charge >= 0.3 is 0 Å². The van der Waals surface area contributed by atoms with Crippen molar-refractivity contribution in [1.29, 1.82) is 0 Å². The van der Waals surface area contributed by atoms with E-state index in [1.165, 1.54) is 173 Å². The Labute approximate surface area is 211 Å². The van der Waals surface area contributed by atoms with Gasteiger partial charge in [-0.1, -0.05) is 181 Å². The van der Waals surface area contributed by atoms with Gasteiger partial charge in [0.15, 0.2) is 0 Å². The molecule has 1 nitrogen and oxygen atoms in total.